The molecule has 2 aromatic rings. The van der Waals surface area contributed by atoms with E-state index in [0.29, 0.717) is 18.0 Å². The lowest BCUT2D eigenvalue weighted by Crippen LogP contribution is -2.38. The van der Waals surface area contributed by atoms with Crippen LogP contribution in [0.25, 0.3) is 0 Å². The monoisotopic (exact) mass is 340 g/mol. The molecule has 0 radical (unpaired) electrons. The van der Waals surface area contributed by atoms with Crippen molar-refractivity contribution in [2.75, 3.05) is 25.5 Å². The van der Waals surface area contributed by atoms with Crippen molar-refractivity contribution in [2.45, 2.75) is 20.3 Å². The Morgan fingerprint density at radius 2 is 1.76 bits per heavy atom. The van der Waals surface area contributed by atoms with E-state index in [-0.39, 0.29) is 24.8 Å². The van der Waals surface area contributed by atoms with E-state index in [1.807, 2.05) is 50.2 Å². The summed E-state index contributed by atoms with van der Waals surface area (Å²) in [4.78, 5) is 26.3. The maximum absolute atomic E-state index is 12.5. The summed E-state index contributed by atoms with van der Waals surface area (Å²) in [5.41, 5.74) is 2.69. The number of likely N-dealkylation sites (N-methyl/N-ethyl adjacent to an activating group) is 1. The molecule has 0 aliphatic carbocycles. The summed E-state index contributed by atoms with van der Waals surface area (Å²) in [5, 5.41) is 2.79. The van der Waals surface area contributed by atoms with E-state index in [4.69, 9.17) is 4.74 Å². The number of para-hydroxylation sites is 2. The van der Waals surface area contributed by atoms with E-state index >= 15 is 0 Å². The van der Waals surface area contributed by atoms with Gasteiger partial charge in [0.2, 0.25) is 11.8 Å². The van der Waals surface area contributed by atoms with Gasteiger partial charge in [0.25, 0.3) is 0 Å². The topological polar surface area (TPSA) is 58.6 Å². The lowest BCUT2D eigenvalue weighted by molar-refractivity contribution is -0.133. The molecule has 0 unspecified atom stereocenters. The first-order valence-corrected chi connectivity index (χ1v) is 8.29. The van der Waals surface area contributed by atoms with Gasteiger partial charge in [-0.05, 0) is 31.5 Å². The molecule has 0 bridgehead atoms. The molecule has 0 atom stereocenters. The fourth-order valence-electron chi connectivity index (χ4n) is 2.48. The molecule has 2 amide bonds. The molecule has 132 valence electrons. The number of methoxy groups -OCH3 is 1. The van der Waals surface area contributed by atoms with Crippen molar-refractivity contribution in [3.05, 3.63) is 59.7 Å². The van der Waals surface area contributed by atoms with E-state index in [9.17, 15) is 9.59 Å². The number of benzene rings is 2. The van der Waals surface area contributed by atoms with Crippen LogP contribution in [0, 0.1) is 6.92 Å². The van der Waals surface area contributed by atoms with Crippen molar-refractivity contribution in [2.24, 2.45) is 0 Å². The second-order valence-corrected chi connectivity index (χ2v) is 5.82. The predicted octanol–water partition coefficient (Wildman–Crippen LogP) is 3.03. The van der Waals surface area contributed by atoms with Crippen LogP contribution in [0.1, 0.15) is 18.1 Å². The molecule has 0 aromatic heterocycles. The number of carbonyl (C=O) groups excluding carboxylic acids is 2. The average molecular weight is 340 g/mol. The zero-order chi connectivity index (χ0) is 18.2. The number of nitrogens with one attached hydrogen (secondary N) is 1. The van der Waals surface area contributed by atoms with Crippen LogP contribution in [-0.2, 0) is 16.0 Å². The number of nitrogens with zero attached hydrogens (tertiary/aromatic N) is 1. The van der Waals surface area contributed by atoms with Crippen LogP contribution >= 0.6 is 0 Å². The fraction of sp³-hybridized carbons (Fsp3) is 0.300. The maximum Gasteiger partial charge on any atom is 0.244 e. The Morgan fingerprint density at radius 1 is 1.08 bits per heavy atom. The number of carbonyl (C=O) groups is 2. The minimum atomic E-state index is -0.247. The van der Waals surface area contributed by atoms with Gasteiger partial charge in [-0.15, -0.1) is 0 Å². The number of aryl methyl sites for hydroxylation is 1. The van der Waals surface area contributed by atoms with Gasteiger partial charge in [0.05, 0.1) is 25.8 Å². The van der Waals surface area contributed by atoms with Crippen LogP contribution in [-0.4, -0.2) is 36.9 Å². The van der Waals surface area contributed by atoms with Crippen molar-refractivity contribution in [3.63, 3.8) is 0 Å². The van der Waals surface area contributed by atoms with E-state index < -0.39 is 0 Å². The van der Waals surface area contributed by atoms with Crippen LogP contribution in [0.5, 0.6) is 5.75 Å². The third-order valence-electron chi connectivity index (χ3n) is 3.93. The third kappa shape index (κ3) is 5.35. The molecule has 5 nitrogen and oxygen atoms in total. The van der Waals surface area contributed by atoms with Crippen molar-refractivity contribution in [3.8, 4) is 5.75 Å². The summed E-state index contributed by atoms with van der Waals surface area (Å²) in [5.74, 6) is 0.273. The fourth-order valence-corrected chi connectivity index (χ4v) is 2.48. The summed E-state index contributed by atoms with van der Waals surface area (Å²) in [6, 6.07) is 15.0. The van der Waals surface area contributed by atoms with Gasteiger partial charge in [0.15, 0.2) is 0 Å². The van der Waals surface area contributed by atoms with Crippen LogP contribution < -0.4 is 10.1 Å². The van der Waals surface area contributed by atoms with Crippen molar-refractivity contribution >= 4 is 17.5 Å². The van der Waals surface area contributed by atoms with E-state index in [0.717, 1.165) is 11.1 Å². The lowest BCUT2D eigenvalue weighted by Gasteiger charge is -2.21. The normalized spacial score (nSPS) is 10.2. The van der Waals surface area contributed by atoms with Crippen molar-refractivity contribution in [1.29, 1.82) is 0 Å². The van der Waals surface area contributed by atoms with Gasteiger partial charge in [-0.3, -0.25) is 9.59 Å². The van der Waals surface area contributed by atoms with Gasteiger partial charge >= 0.3 is 0 Å². The van der Waals surface area contributed by atoms with Crippen LogP contribution in [0.4, 0.5) is 5.69 Å². The number of amides is 2. The highest BCUT2D eigenvalue weighted by Crippen LogP contribution is 2.22. The molecule has 25 heavy (non-hydrogen) atoms. The molecule has 0 aliphatic rings. The van der Waals surface area contributed by atoms with Crippen molar-refractivity contribution < 1.29 is 14.3 Å². The smallest absolute Gasteiger partial charge is 0.244 e. The highest BCUT2D eigenvalue weighted by molar-refractivity contribution is 5.95. The van der Waals surface area contributed by atoms with Gasteiger partial charge in [-0.2, -0.15) is 0 Å². The van der Waals surface area contributed by atoms with Gasteiger partial charge in [0.1, 0.15) is 5.75 Å². The van der Waals surface area contributed by atoms with E-state index in [1.54, 1.807) is 24.1 Å². The van der Waals surface area contributed by atoms with Gasteiger partial charge < -0.3 is 15.0 Å². The molecule has 0 aliphatic heterocycles. The van der Waals surface area contributed by atoms with Gasteiger partial charge in [-0.25, -0.2) is 0 Å². The number of anilines is 1. The minimum absolute atomic E-state index is 0.0131. The van der Waals surface area contributed by atoms with Crippen molar-refractivity contribution in [1.82, 2.24) is 4.90 Å². The maximum atomic E-state index is 12.5. The van der Waals surface area contributed by atoms with E-state index in [1.165, 1.54) is 0 Å². The summed E-state index contributed by atoms with van der Waals surface area (Å²) >= 11 is 0. The molecule has 2 rings (SSSR count). The number of rotatable bonds is 7. The molecule has 0 fully saturated rings. The molecule has 2 aromatic carbocycles. The largest absolute Gasteiger partial charge is 0.495 e. The third-order valence-corrected chi connectivity index (χ3v) is 3.93. The average Bonchev–Trinajstić information content (AvgIpc) is 2.62. The van der Waals surface area contributed by atoms with Crippen LogP contribution in [0.2, 0.25) is 0 Å². The number of hydrogen-bond donors (Lipinski definition) is 1. The molecule has 5 heteroatoms. The van der Waals surface area contributed by atoms with Gasteiger partial charge in [0, 0.05) is 6.54 Å². The molecule has 0 heterocycles. The van der Waals surface area contributed by atoms with Gasteiger partial charge in [-0.1, -0.05) is 42.0 Å². The SMILES string of the molecule is CCN(CC(=O)Nc1ccccc1OC)C(=O)Cc1ccc(C)cc1. The predicted molar refractivity (Wildman–Crippen MR) is 98.8 cm³/mol. The zero-order valence-electron chi connectivity index (χ0n) is 14.9. The Morgan fingerprint density at radius 3 is 2.40 bits per heavy atom. The molecule has 1 N–H and O–H groups in total. The Bertz CT molecular complexity index is 726. The Labute approximate surface area is 148 Å². The standard InChI is InChI=1S/C20H24N2O3/c1-4-22(20(24)13-16-11-9-15(2)10-12-16)14-19(23)21-17-7-5-6-8-18(17)25-3/h5-12H,4,13-14H2,1-3H3,(H,21,23). The number of hydrogen-bond acceptors (Lipinski definition) is 3. The summed E-state index contributed by atoms with van der Waals surface area (Å²) in [6.45, 7) is 4.36. The highest BCUT2D eigenvalue weighted by Gasteiger charge is 2.17. The first-order valence-electron chi connectivity index (χ1n) is 8.29. The molecule has 0 spiro atoms. The molecule has 0 saturated heterocycles. The van der Waals surface area contributed by atoms with E-state index in [2.05, 4.69) is 5.32 Å². The van der Waals surface area contributed by atoms with Crippen LogP contribution in [0.3, 0.4) is 0 Å². The summed E-state index contributed by atoms with van der Waals surface area (Å²) in [7, 11) is 1.55. The minimum Gasteiger partial charge on any atom is -0.495 e. The second kappa shape index (κ2) is 8.87. The Balaban J connectivity index is 1.96. The lowest BCUT2D eigenvalue weighted by atomic mass is 10.1. The Hall–Kier alpha value is -2.82. The quantitative estimate of drug-likeness (QED) is 0.843. The summed E-state index contributed by atoms with van der Waals surface area (Å²) in [6.07, 6.45) is 0.288. The highest BCUT2D eigenvalue weighted by atomic mass is 16.5. The van der Waals surface area contributed by atoms with Crippen LogP contribution in [0.15, 0.2) is 48.5 Å². The first kappa shape index (κ1) is 18.5. The molecular formula is C20H24N2O3. The molecule has 0 saturated carbocycles. The molecular weight excluding hydrogens is 316 g/mol. The Kier molecular flexibility index (Phi) is 6.57. The first-order chi connectivity index (χ1) is 12.0. The zero-order valence-corrected chi connectivity index (χ0v) is 14.9. The second-order valence-electron chi connectivity index (χ2n) is 5.82. The number of ether oxygens (including phenoxy) is 1. The summed E-state index contributed by atoms with van der Waals surface area (Å²) < 4.78 is 5.22.